The van der Waals surface area contributed by atoms with Gasteiger partial charge in [-0.3, -0.25) is 9.59 Å². The predicted molar refractivity (Wildman–Crippen MR) is 148 cm³/mol. The summed E-state index contributed by atoms with van der Waals surface area (Å²) in [6.07, 6.45) is -0.610. The van der Waals surface area contributed by atoms with E-state index in [1.165, 1.54) is 4.90 Å². The van der Waals surface area contributed by atoms with Crippen molar-refractivity contribution in [1.29, 1.82) is 0 Å². The summed E-state index contributed by atoms with van der Waals surface area (Å²) in [7, 11) is 0. The lowest BCUT2D eigenvalue weighted by molar-refractivity contribution is -0.141. The molecule has 3 heterocycles. The van der Waals surface area contributed by atoms with Gasteiger partial charge in [-0.15, -0.1) is 11.3 Å². The zero-order chi connectivity index (χ0) is 27.4. The number of hydrogen-bond donors (Lipinski definition) is 2. The molecule has 2 aromatic heterocycles. The number of aryl methyl sites for hydroxylation is 1. The number of nitrogens with one attached hydrogen (secondary N) is 1. The molecule has 1 fully saturated rings. The summed E-state index contributed by atoms with van der Waals surface area (Å²) in [5.41, 5.74) is 4.84. The summed E-state index contributed by atoms with van der Waals surface area (Å²) < 4.78 is 10.9. The zero-order valence-electron chi connectivity index (χ0n) is 21.9. The van der Waals surface area contributed by atoms with E-state index in [1.807, 2.05) is 57.5 Å². The van der Waals surface area contributed by atoms with Crippen molar-refractivity contribution in [2.45, 2.75) is 58.2 Å². The van der Waals surface area contributed by atoms with Gasteiger partial charge in [0.2, 0.25) is 11.8 Å². The lowest BCUT2D eigenvalue weighted by Crippen LogP contribution is -2.48. The minimum absolute atomic E-state index is 0.0818. The fourth-order valence-corrected chi connectivity index (χ4v) is 5.72. The van der Waals surface area contributed by atoms with E-state index in [2.05, 4.69) is 31.4 Å². The Labute approximate surface area is 234 Å². The van der Waals surface area contributed by atoms with Crippen molar-refractivity contribution >= 4 is 39.1 Å². The maximum Gasteiger partial charge on any atom is 0.254 e. The number of ether oxygens (including phenoxy) is 1. The highest BCUT2D eigenvalue weighted by atomic mass is 79.9. The molecule has 3 aromatic rings. The Morgan fingerprint density at radius 3 is 2.66 bits per heavy atom. The lowest BCUT2D eigenvalue weighted by atomic mass is 9.91. The van der Waals surface area contributed by atoms with Crippen molar-refractivity contribution in [1.82, 2.24) is 20.4 Å². The molecule has 1 aromatic carbocycles. The number of hydrogen-bond acceptors (Lipinski definition) is 8. The maximum atomic E-state index is 13.7. The third-order valence-electron chi connectivity index (χ3n) is 6.71. The molecule has 1 unspecified atom stereocenters. The van der Waals surface area contributed by atoms with Gasteiger partial charge in [-0.25, -0.2) is 4.98 Å². The van der Waals surface area contributed by atoms with Crippen LogP contribution in [0.5, 0.6) is 5.88 Å². The Bertz CT molecular complexity index is 1240. The molecule has 38 heavy (non-hydrogen) atoms. The number of carbonyl (C=O) groups is 2. The third kappa shape index (κ3) is 6.27. The van der Waals surface area contributed by atoms with Gasteiger partial charge in [0.25, 0.3) is 5.88 Å². The van der Waals surface area contributed by atoms with Crippen LogP contribution in [0.2, 0.25) is 0 Å². The van der Waals surface area contributed by atoms with E-state index in [1.54, 1.807) is 17.4 Å². The van der Waals surface area contributed by atoms with Crippen LogP contribution in [0, 0.1) is 12.8 Å². The van der Waals surface area contributed by atoms with Gasteiger partial charge in [-0.2, -0.15) is 0 Å². The molecule has 1 aliphatic rings. The normalized spacial score (nSPS) is 19.0. The van der Waals surface area contributed by atoms with Crippen molar-refractivity contribution in [3.8, 4) is 16.3 Å². The van der Waals surface area contributed by atoms with Gasteiger partial charge in [0.05, 0.1) is 34.8 Å². The van der Waals surface area contributed by atoms with Crippen LogP contribution in [0.4, 0.5) is 0 Å². The second kappa shape index (κ2) is 12.4. The number of halogens is 1. The number of alkyl halides is 1. The van der Waals surface area contributed by atoms with E-state index in [4.69, 9.17) is 9.26 Å². The fraction of sp³-hybridized carbons (Fsp3) is 0.481. The number of amides is 2. The number of benzene rings is 1. The maximum absolute atomic E-state index is 13.7. The van der Waals surface area contributed by atoms with E-state index in [0.29, 0.717) is 23.6 Å². The minimum atomic E-state index is -0.785. The Balaban J connectivity index is 1.46. The summed E-state index contributed by atoms with van der Waals surface area (Å²) in [5, 5.41) is 18.0. The van der Waals surface area contributed by atoms with E-state index >= 15 is 0 Å². The Morgan fingerprint density at radius 1 is 1.29 bits per heavy atom. The van der Waals surface area contributed by atoms with Crippen molar-refractivity contribution in [3.05, 3.63) is 52.9 Å². The Morgan fingerprint density at radius 2 is 2.03 bits per heavy atom. The predicted octanol–water partition coefficient (Wildman–Crippen LogP) is 4.46. The van der Waals surface area contributed by atoms with Crippen LogP contribution < -0.4 is 10.1 Å². The standard InChI is InChI=1S/C27H33BrN4O5S/c1-15(2)24(22-12-23(31-37-22)36-10-9-28)27(35)32-13-20(33)11-21(32)26(34)30-16(3)18-5-7-19(8-6-18)25-17(4)29-14-38-25/h5-8,12,14-16,20-21,24,33H,9-11,13H2,1-4H3,(H,30,34)/t16-,20+,21-,24?/m0/s1. The second-order valence-corrected chi connectivity index (χ2v) is 11.5. The molecule has 1 saturated heterocycles. The first-order valence-corrected chi connectivity index (χ1v) is 14.6. The molecular formula is C27H33BrN4O5S. The number of likely N-dealkylation sites (tertiary alicyclic amines) is 1. The lowest BCUT2D eigenvalue weighted by Gasteiger charge is -2.29. The Hall–Kier alpha value is -2.76. The van der Waals surface area contributed by atoms with Gasteiger partial charge >= 0.3 is 0 Å². The van der Waals surface area contributed by atoms with Gasteiger partial charge in [-0.05, 0) is 36.0 Å². The number of aliphatic hydroxyl groups is 1. The number of aromatic nitrogens is 2. The van der Waals surface area contributed by atoms with Gasteiger partial charge in [0.15, 0.2) is 5.76 Å². The summed E-state index contributed by atoms with van der Waals surface area (Å²) in [6.45, 7) is 8.20. The van der Waals surface area contributed by atoms with Crippen LogP contribution in [0.25, 0.3) is 10.4 Å². The molecule has 0 radical (unpaired) electrons. The van der Waals surface area contributed by atoms with Crippen LogP contribution in [0.3, 0.4) is 0 Å². The molecule has 0 aliphatic carbocycles. The second-order valence-electron chi connectivity index (χ2n) is 9.84. The van der Waals surface area contributed by atoms with Gasteiger partial charge in [0, 0.05) is 24.4 Å². The SMILES string of the molecule is Cc1ncsc1-c1ccc([C@H](C)NC(=O)[C@@H]2C[C@@H](O)CN2C(=O)C(c2cc(OCCBr)no2)C(C)C)cc1. The van der Waals surface area contributed by atoms with Gasteiger partial charge in [-0.1, -0.05) is 54.0 Å². The summed E-state index contributed by atoms with van der Waals surface area (Å²) in [4.78, 5) is 34.0. The zero-order valence-corrected chi connectivity index (χ0v) is 24.3. The van der Waals surface area contributed by atoms with Crippen molar-refractivity contribution in [3.63, 3.8) is 0 Å². The molecule has 1 aliphatic heterocycles. The van der Waals surface area contributed by atoms with E-state index in [-0.39, 0.29) is 36.7 Å². The van der Waals surface area contributed by atoms with Gasteiger partial charge < -0.3 is 24.6 Å². The summed E-state index contributed by atoms with van der Waals surface area (Å²) in [6, 6.07) is 8.57. The van der Waals surface area contributed by atoms with Crippen molar-refractivity contribution < 1.29 is 24.0 Å². The highest BCUT2D eigenvalue weighted by Crippen LogP contribution is 2.33. The minimum Gasteiger partial charge on any atom is -0.475 e. The molecule has 9 nitrogen and oxygen atoms in total. The fourth-order valence-electron chi connectivity index (χ4n) is 4.74. The molecule has 0 bridgehead atoms. The first-order chi connectivity index (χ1) is 18.2. The number of rotatable bonds is 10. The Kier molecular flexibility index (Phi) is 9.22. The molecule has 0 spiro atoms. The number of aliphatic hydroxyl groups excluding tert-OH is 1. The third-order valence-corrected chi connectivity index (χ3v) is 8.02. The molecule has 4 rings (SSSR count). The van der Waals surface area contributed by atoms with Crippen molar-refractivity contribution in [2.75, 3.05) is 18.5 Å². The van der Waals surface area contributed by atoms with Gasteiger partial charge in [0.1, 0.15) is 12.0 Å². The monoisotopic (exact) mass is 604 g/mol. The van der Waals surface area contributed by atoms with Crippen molar-refractivity contribution in [2.24, 2.45) is 5.92 Å². The first-order valence-electron chi connectivity index (χ1n) is 12.6. The molecular weight excluding hydrogens is 572 g/mol. The molecule has 11 heteroatoms. The number of thiazole rings is 1. The molecule has 0 saturated carbocycles. The number of carbonyl (C=O) groups excluding carboxylic acids is 2. The highest BCUT2D eigenvalue weighted by molar-refractivity contribution is 9.09. The topological polar surface area (TPSA) is 118 Å². The number of nitrogens with zero attached hydrogens (tertiary/aromatic N) is 3. The molecule has 204 valence electrons. The van der Waals surface area contributed by atoms with Crippen LogP contribution >= 0.6 is 27.3 Å². The average Bonchev–Trinajstić information content (AvgIpc) is 3.62. The van der Waals surface area contributed by atoms with Crippen LogP contribution in [0.15, 0.2) is 40.4 Å². The molecule has 2 amide bonds. The highest BCUT2D eigenvalue weighted by Gasteiger charge is 2.43. The quantitative estimate of drug-likeness (QED) is 0.328. The summed E-state index contributed by atoms with van der Waals surface area (Å²) >= 11 is 4.89. The van der Waals surface area contributed by atoms with Crippen LogP contribution in [-0.4, -0.2) is 62.6 Å². The van der Waals surface area contributed by atoms with E-state index in [0.717, 1.165) is 21.7 Å². The average molecular weight is 606 g/mol. The van der Waals surface area contributed by atoms with E-state index < -0.39 is 18.1 Å². The number of β-amino-alcohol motifs (C(OH)–C–C–N with tert-alkyl or cyclic N) is 1. The van der Waals surface area contributed by atoms with Crippen LogP contribution in [-0.2, 0) is 9.59 Å². The molecule has 2 N–H and O–H groups in total. The smallest absolute Gasteiger partial charge is 0.254 e. The molecule has 4 atom stereocenters. The van der Waals surface area contributed by atoms with E-state index in [9.17, 15) is 14.7 Å². The van der Waals surface area contributed by atoms with Crippen LogP contribution in [0.1, 0.15) is 56.2 Å². The largest absolute Gasteiger partial charge is 0.475 e. The summed E-state index contributed by atoms with van der Waals surface area (Å²) in [5.74, 6) is -0.688. The first kappa shape index (κ1) is 28.3.